The molecule has 158 valence electrons. The van der Waals surface area contributed by atoms with Crippen molar-refractivity contribution in [3.05, 3.63) is 44.6 Å². The number of aromatic hydroxyl groups is 1. The molecule has 9 nitrogen and oxygen atoms in total. The number of methoxy groups -OCH3 is 1. The van der Waals surface area contributed by atoms with Crippen molar-refractivity contribution in [2.24, 2.45) is 0 Å². The Kier molecular flexibility index (Phi) is 5.57. The van der Waals surface area contributed by atoms with Crippen LogP contribution in [0.25, 0.3) is 0 Å². The lowest BCUT2D eigenvalue weighted by Crippen LogP contribution is -2.22. The number of nitrogens with zero attached hydrogens (tertiary/aromatic N) is 2. The average molecular weight is 423 g/mol. The van der Waals surface area contributed by atoms with E-state index in [4.69, 9.17) is 4.74 Å². The first-order valence-corrected chi connectivity index (χ1v) is 11.1. The maximum atomic E-state index is 12.6. The molecule has 0 spiro atoms. The third kappa shape index (κ3) is 4.07. The van der Waals surface area contributed by atoms with Crippen molar-refractivity contribution in [2.45, 2.75) is 45.6 Å². The van der Waals surface area contributed by atoms with E-state index in [1.54, 1.807) is 25.5 Å². The van der Waals surface area contributed by atoms with E-state index in [1.165, 1.54) is 13.2 Å². The van der Waals surface area contributed by atoms with Crippen molar-refractivity contribution in [1.29, 1.82) is 0 Å². The summed E-state index contributed by atoms with van der Waals surface area (Å²) in [4.78, 5) is 27.4. The first-order chi connectivity index (χ1) is 13.5. The van der Waals surface area contributed by atoms with Crippen molar-refractivity contribution in [3.8, 4) is 5.75 Å². The molecule has 0 bridgehead atoms. The zero-order valence-corrected chi connectivity index (χ0v) is 17.7. The zero-order valence-electron chi connectivity index (χ0n) is 16.9. The lowest BCUT2D eigenvalue weighted by molar-refractivity contribution is -0.140. The van der Waals surface area contributed by atoms with Gasteiger partial charge in [-0.25, -0.2) is 8.42 Å². The van der Waals surface area contributed by atoms with Gasteiger partial charge in [-0.3, -0.25) is 14.3 Å². The standard InChI is InChI=1S/C19H25N3O6S/c1-10-7-15(23)18(19(25)20-10)14(8-16(24)28-4)17-11(2)21-22(12(17)3)13-5-6-29(26,27)9-13/h7,13-14H,5-6,8-9H2,1-4H3,(H2,20,23,25). The Morgan fingerprint density at radius 1 is 1.38 bits per heavy atom. The molecule has 2 N–H and O–H groups in total. The summed E-state index contributed by atoms with van der Waals surface area (Å²) in [6.07, 6.45) is 0.300. The molecule has 0 amide bonds. The van der Waals surface area contributed by atoms with Crippen LogP contribution in [0.5, 0.6) is 5.75 Å². The van der Waals surface area contributed by atoms with E-state index in [1.807, 2.05) is 0 Å². The summed E-state index contributed by atoms with van der Waals surface area (Å²) in [5.74, 6) is -1.42. The minimum atomic E-state index is -3.11. The molecule has 2 aromatic heterocycles. The van der Waals surface area contributed by atoms with Crippen LogP contribution in [0.4, 0.5) is 0 Å². The van der Waals surface area contributed by atoms with Gasteiger partial charge in [0.2, 0.25) is 0 Å². The summed E-state index contributed by atoms with van der Waals surface area (Å²) in [5, 5.41) is 15.0. The molecule has 0 radical (unpaired) electrons. The molecule has 0 aromatic carbocycles. The molecule has 3 heterocycles. The Bertz CT molecular complexity index is 1120. The van der Waals surface area contributed by atoms with Crippen LogP contribution in [0.1, 0.15) is 53.0 Å². The van der Waals surface area contributed by atoms with Crippen LogP contribution in [-0.2, 0) is 19.4 Å². The van der Waals surface area contributed by atoms with E-state index in [2.05, 4.69) is 10.1 Å². The number of aryl methyl sites for hydroxylation is 2. The van der Waals surface area contributed by atoms with Gasteiger partial charge in [-0.15, -0.1) is 0 Å². The number of hydrogen-bond donors (Lipinski definition) is 2. The number of esters is 1. The number of aromatic nitrogens is 3. The summed E-state index contributed by atoms with van der Waals surface area (Å²) in [6, 6.07) is 1.13. The second-order valence-corrected chi connectivity index (χ2v) is 9.73. The first-order valence-electron chi connectivity index (χ1n) is 9.29. The molecule has 2 aromatic rings. The second kappa shape index (κ2) is 7.66. The van der Waals surface area contributed by atoms with Gasteiger partial charge in [0.15, 0.2) is 9.84 Å². The zero-order chi connectivity index (χ0) is 21.5. The van der Waals surface area contributed by atoms with Crippen LogP contribution < -0.4 is 5.56 Å². The molecular weight excluding hydrogens is 398 g/mol. The largest absolute Gasteiger partial charge is 0.507 e. The third-order valence-corrected chi connectivity index (χ3v) is 7.17. The Morgan fingerprint density at radius 3 is 2.62 bits per heavy atom. The number of carbonyl (C=O) groups is 1. The lowest BCUT2D eigenvalue weighted by atomic mass is 9.87. The highest BCUT2D eigenvalue weighted by Gasteiger charge is 2.34. The summed E-state index contributed by atoms with van der Waals surface area (Å²) in [7, 11) is -1.85. The molecule has 3 rings (SSSR count). The maximum Gasteiger partial charge on any atom is 0.306 e. The van der Waals surface area contributed by atoms with E-state index in [-0.39, 0.29) is 35.3 Å². The van der Waals surface area contributed by atoms with E-state index in [9.17, 15) is 23.1 Å². The molecule has 29 heavy (non-hydrogen) atoms. The molecule has 1 saturated heterocycles. The Balaban J connectivity index is 2.15. The highest BCUT2D eigenvalue weighted by atomic mass is 32.2. The summed E-state index contributed by atoms with van der Waals surface area (Å²) in [6.45, 7) is 5.17. The van der Waals surface area contributed by atoms with Crippen molar-refractivity contribution in [1.82, 2.24) is 14.8 Å². The van der Waals surface area contributed by atoms with Crippen molar-refractivity contribution in [3.63, 3.8) is 0 Å². The predicted octanol–water partition coefficient (Wildman–Crippen LogP) is 1.26. The molecule has 10 heteroatoms. The number of ether oxygens (including phenoxy) is 1. The van der Waals surface area contributed by atoms with Crippen molar-refractivity contribution >= 4 is 15.8 Å². The van der Waals surface area contributed by atoms with Crippen LogP contribution in [0.15, 0.2) is 10.9 Å². The normalized spacial score (nSPS) is 19.2. The summed E-state index contributed by atoms with van der Waals surface area (Å²) < 4.78 is 30.3. The summed E-state index contributed by atoms with van der Waals surface area (Å²) in [5.41, 5.74) is 1.91. The van der Waals surface area contributed by atoms with Gasteiger partial charge in [0.1, 0.15) is 5.75 Å². The Labute approximate surface area is 168 Å². The molecule has 0 saturated carbocycles. The minimum absolute atomic E-state index is 0.00638. The fourth-order valence-electron chi connectivity index (χ4n) is 4.12. The summed E-state index contributed by atoms with van der Waals surface area (Å²) >= 11 is 0. The van der Waals surface area contributed by atoms with Crippen LogP contribution in [0.3, 0.4) is 0 Å². The van der Waals surface area contributed by atoms with Gasteiger partial charge >= 0.3 is 5.97 Å². The Hall–Kier alpha value is -2.62. The highest BCUT2D eigenvalue weighted by molar-refractivity contribution is 7.91. The smallest absolute Gasteiger partial charge is 0.306 e. The van der Waals surface area contributed by atoms with Crippen molar-refractivity contribution in [2.75, 3.05) is 18.6 Å². The van der Waals surface area contributed by atoms with Gasteiger partial charge in [0, 0.05) is 22.9 Å². The quantitative estimate of drug-likeness (QED) is 0.692. The average Bonchev–Trinajstić information content (AvgIpc) is 3.11. The first kappa shape index (κ1) is 21.1. The van der Waals surface area contributed by atoms with E-state index in [0.29, 0.717) is 29.1 Å². The molecule has 2 atom stereocenters. The van der Waals surface area contributed by atoms with Gasteiger partial charge in [-0.2, -0.15) is 5.10 Å². The van der Waals surface area contributed by atoms with E-state index < -0.39 is 27.3 Å². The third-order valence-electron chi connectivity index (χ3n) is 5.42. The number of nitrogens with one attached hydrogen (secondary N) is 1. The molecule has 1 aliphatic heterocycles. The molecule has 0 aliphatic carbocycles. The monoisotopic (exact) mass is 423 g/mol. The van der Waals surface area contributed by atoms with Gasteiger partial charge in [-0.1, -0.05) is 0 Å². The molecule has 2 unspecified atom stereocenters. The number of carbonyl (C=O) groups excluding carboxylic acids is 1. The van der Waals surface area contributed by atoms with Crippen molar-refractivity contribution < 1.29 is 23.1 Å². The van der Waals surface area contributed by atoms with Gasteiger partial charge in [-0.05, 0) is 33.3 Å². The van der Waals surface area contributed by atoms with Gasteiger partial charge in [0.25, 0.3) is 5.56 Å². The van der Waals surface area contributed by atoms with E-state index >= 15 is 0 Å². The molecule has 1 fully saturated rings. The Morgan fingerprint density at radius 2 is 2.07 bits per heavy atom. The molecule has 1 aliphatic rings. The van der Waals surface area contributed by atoms with Gasteiger partial charge in [0.05, 0.1) is 42.3 Å². The number of sulfone groups is 1. The fraction of sp³-hybridized carbons (Fsp3) is 0.526. The number of H-pyrrole nitrogens is 1. The number of pyridine rings is 1. The number of aromatic amines is 1. The van der Waals surface area contributed by atoms with Crippen LogP contribution in [0, 0.1) is 20.8 Å². The number of hydrogen-bond acceptors (Lipinski definition) is 7. The van der Waals surface area contributed by atoms with Crippen LogP contribution in [0.2, 0.25) is 0 Å². The SMILES string of the molecule is COC(=O)CC(c1c(C)nn(C2CCS(=O)(=O)C2)c1C)c1c(O)cc(C)[nH]c1=O. The maximum absolute atomic E-state index is 12.6. The molecular formula is C19H25N3O6S. The van der Waals surface area contributed by atoms with E-state index in [0.717, 1.165) is 0 Å². The van der Waals surface area contributed by atoms with Crippen LogP contribution >= 0.6 is 0 Å². The highest BCUT2D eigenvalue weighted by Crippen LogP contribution is 2.37. The van der Waals surface area contributed by atoms with Gasteiger partial charge < -0.3 is 14.8 Å². The lowest BCUT2D eigenvalue weighted by Gasteiger charge is -2.19. The second-order valence-electron chi connectivity index (χ2n) is 7.50. The predicted molar refractivity (Wildman–Crippen MR) is 106 cm³/mol. The minimum Gasteiger partial charge on any atom is -0.507 e. The van der Waals surface area contributed by atoms with Crippen LogP contribution in [-0.4, -0.2) is 52.9 Å². The number of rotatable bonds is 5. The fourth-order valence-corrected chi connectivity index (χ4v) is 5.81. The topological polar surface area (TPSA) is 131 Å².